The van der Waals surface area contributed by atoms with Crippen molar-refractivity contribution >= 4 is 10.9 Å². The van der Waals surface area contributed by atoms with Gasteiger partial charge in [-0.3, -0.25) is 0 Å². The number of methoxy groups -OCH3 is 1. The molecule has 1 heterocycles. The second-order valence-electron chi connectivity index (χ2n) is 4.00. The molecule has 0 saturated heterocycles. The van der Waals surface area contributed by atoms with Crippen molar-refractivity contribution in [2.24, 2.45) is 0 Å². The topological polar surface area (TPSA) is 37.0 Å². The summed E-state index contributed by atoms with van der Waals surface area (Å²) in [5, 5.41) is 4.57. The van der Waals surface area contributed by atoms with Crippen LogP contribution < -0.4 is 5.32 Å². The summed E-state index contributed by atoms with van der Waals surface area (Å²) in [5.74, 6) is 0. The Balaban J connectivity index is 2.20. The molecular formula is C13H18N2O. The van der Waals surface area contributed by atoms with Crippen LogP contribution in [0.5, 0.6) is 0 Å². The predicted molar refractivity (Wildman–Crippen MR) is 66.7 cm³/mol. The van der Waals surface area contributed by atoms with Gasteiger partial charge < -0.3 is 15.0 Å². The molecule has 0 aliphatic carbocycles. The van der Waals surface area contributed by atoms with Crippen LogP contribution >= 0.6 is 0 Å². The number of rotatable bonds is 5. The summed E-state index contributed by atoms with van der Waals surface area (Å²) in [5.41, 5.74) is 2.54. The quantitative estimate of drug-likeness (QED) is 0.804. The SMILES string of the molecule is CNC(COC)Cc1c[nH]c2ccccc12. The van der Waals surface area contributed by atoms with Crippen molar-refractivity contribution in [3.8, 4) is 0 Å². The number of H-pyrrole nitrogens is 1. The molecule has 0 aliphatic heterocycles. The van der Waals surface area contributed by atoms with Gasteiger partial charge in [-0.25, -0.2) is 0 Å². The monoisotopic (exact) mass is 218 g/mol. The maximum absolute atomic E-state index is 5.18. The number of ether oxygens (including phenoxy) is 1. The third kappa shape index (κ3) is 2.26. The summed E-state index contributed by atoms with van der Waals surface area (Å²) in [4.78, 5) is 3.29. The van der Waals surface area contributed by atoms with Gasteiger partial charge in [0.1, 0.15) is 0 Å². The van der Waals surface area contributed by atoms with Gasteiger partial charge in [0.2, 0.25) is 0 Å². The molecular weight excluding hydrogens is 200 g/mol. The predicted octanol–water partition coefficient (Wildman–Crippen LogP) is 1.94. The zero-order valence-corrected chi connectivity index (χ0v) is 9.79. The average Bonchev–Trinajstić information content (AvgIpc) is 2.72. The van der Waals surface area contributed by atoms with E-state index in [9.17, 15) is 0 Å². The Morgan fingerprint density at radius 3 is 2.94 bits per heavy atom. The van der Waals surface area contributed by atoms with E-state index in [0.29, 0.717) is 6.04 Å². The maximum Gasteiger partial charge on any atom is 0.0618 e. The van der Waals surface area contributed by atoms with Gasteiger partial charge in [-0.1, -0.05) is 18.2 Å². The molecule has 0 amide bonds. The molecule has 2 aromatic rings. The number of nitrogens with one attached hydrogen (secondary N) is 2. The van der Waals surface area contributed by atoms with E-state index in [-0.39, 0.29) is 0 Å². The molecule has 0 fully saturated rings. The van der Waals surface area contributed by atoms with Crippen molar-refractivity contribution < 1.29 is 4.74 Å². The zero-order chi connectivity index (χ0) is 11.4. The maximum atomic E-state index is 5.18. The smallest absolute Gasteiger partial charge is 0.0618 e. The molecule has 1 atom stereocenters. The lowest BCUT2D eigenvalue weighted by Gasteiger charge is -2.14. The fourth-order valence-corrected chi connectivity index (χ4v) is 2.01. The van der Waals surface area contributed by atoms with Crippen LogP contribution in [-0.4, -0.2) is 31.8 Å². The highest BCUT2D eigenvalue weighted by atomic mass is 16.5. The van der Waals surface area contributed by atoms with Crippen LogP contribution in [-0.2, 0) is 11.2 Å². The first-order chi connectivity index (χ1) is 7.85. The van der Waals surface area contributed by atoms with Gasteiger partial charge in [0.05, 0.1) is 6.61 Å². The Morgan fingerprint density at radius 2 is 2.19 bits per heavy atom. The first-order valence-electron chi connectivity index (χ1n) is 5.56. The molecule has 1 aromatic heterocycles. The molecule has 2 rings (SSSR count). The lowest BCUT2D eigenvalue weighted by molar-refractivity contribution is 0.169. The molecule has 0 spiro atoms. The van der Waals surface area contributed by atoms with Gasteiger partial charge in [0.25, 0.3) is 0 Å². The normalized spacial score (nSPS) is 13.1. The van der Waals surface area contributed by atoms with Gasteiger partial charge in [0.15, 0.2) is 0 Å². The fraction of sp³-hybridized carbons (Fsp3) is 0.385. The van der Waals surface area contributed by atoms with Crippen LogP contribution in [0.1, 0.15) is 5.56 Å². The van der Waals surface area contributed by atoms with E-state index < -0.39 is 0 Å². The zero-order valence-electron chi connectivity index (χ0n) is 9.79. The lowest BCUT2D eigenvalue weighted by Crippen LogP contribution is -2.31. The minimum atomic E-state index is 0.365. The summed E-state index contributed by atoms with van der Waals surface area (Å²) in [6.45, 7) is 0.732. The van der Waals surface area contributed by atoms with Crippen molar-refractivity contribution in [3.05, 3.63) is 36.0 Å². The minimum absolute atomic E-state index is 0.365. The Morgan fingerprint density at radius 1 is 1.38 bits per heavy atom. The number of likely N-dealkylation sites (N-methyl/N-ethyl adjacent to an activating group) is 1. The highest BCUT2D eigenvalue weighted by Gasteiger charge is 2.10. The summed E-state index contributed by atoms with van der Waals surface area (Å²) >= 11 is 0. The molecule has 3 heteroatoms. The van der Waals surface area contributed by atoms with E-state index in [1.807, 2.05) is 13.1 Å². The van der Waals surface area contributed by atoms with E-state index in [0.717, 1.165) is 13.0 Å². The third-order valence-electron chi connectivity index (χ3n) is 2.92. The minimum Gasteiger partial charge on any atom is -0.383 e. The van der Waals surface area contributed by atoms with E-state index in [1.54, 1.807) is 7.11 Å². The van der Waals surface area contributed by atoms with Gasteiger partial charge in [-0.05, 0) is 25.1 Å². The summed E-state index contributed by atoms with van der Waals surface area (Å²) in [6.07, 6.45) is 3.07. The molecule has 86 valence electrons. The molecule has 16 heavy (non-hydrogen) atoms. The third-order valence-corrected chi connectivity index (χ3v) is 2.92. The van der Waals surface area contributed by atoms with Crippen LogP contribution in [0.15, 0.2) is 30.5 Å². The van der Waals surface area contributed by atoms with Crippen molar-refractivity contribution in [1.29, 1.82) is 0 Å². The molecule has 2 N–H and O–H groups in total. The van der Waals surface area contributed by atoms with Gasteiger partial charge in [-0.15, -0.1) is 0 Å². The number of aromatic amines is 1. The summed E-state index contributed by atoms with van der Waals surface area (Å²) in [6, 6.07) is 8.74. The van der Waals surface area contributed by atoms with Crippen LogP contribution in [0.4, 0.5) is 0 Å². The molecule has 0 radical (unpaired) electrons. The first kappa shape index (κ1) is 11.2. The Hall–Kier alpha value is -1.32. The van der Waals surface area contributed by atoms with Crippen LogP contribution in [0.2, 0.25) is 0 Å². The fourth-order valence-electron chi connectivity index (χ4n) is 2.01. The van der Waals surface area contributed by atoms with E-state index in [2.05, 4.69) is 34.7 Å². The molecule has 3 nitrogen and oxygen atoms in total. The molecule has 1 unspecified atom stereocenters. The second-order valence-corrected chi connectivity index (χ2v) is 4.00. The number of aromatic nitrogens is 1. The van der Waals surface area contributed by atoms with E-state index >= 15 is 0 Å². The summed E-state index contributed by atoms with van der Waals surface area (Å²) in [7, 11) is 3.71. The summed E-state index contributed by atoms with van der Waals surface area (Å²) < 4.78 is 5.18. The standard InChI is InChI=1S/C13H18N2O/c1-14-11(9-16-2)7-10-8-15-13-6-4-3-5-12(10)13/h3-6,8,11,14-15H,7,9H2,1-2H3. The lowest BCUT2D eigenvalue weighted by atomic mass is 10.1. The highest BCUT2D eigenvalue weighted by molar-refractivity contribution is 5.83. The van der Waals surface area contributed by atoms with Crippen molar-refractivity contribution in [1.82, 2.24) is 10.3 Å². The second kappa shape index (κ2) is 5.14. The van der Waals surface area contributed by atoms with Crippen molar-refractivity contribution in [3.63, 3.8) is 0 Å². The number of hydrogen-bond acceptors (Lipinski definition) is 2. The Labute approximate surface area is 95.8 Å². The number of para-hydroxylation sites is 1. The number of hydrogen-bond donors (Lipinski definition) is 2. The Bertz CT molecular complexity index is 450. The molecule has 0 saturated carbocycles. The Kier molecular flexibility index (Phi) is 3.59. The highest BCUT2D eigenvalue weighted by Crippen LogP contribution is 2.18. The average molecular weight is 218 g/mol. The molecule has 0 aliphatic rings. The van der Waals surface area contributed by atoms with Gasteiger partial charge in [0, 0.05) is 30.3 Å². The van der Waals surface area contributed by atoms with Crippen molar-refractivity contribution in [2.45, 2.75) is 12.5 Å². The van der Waals surface area contributed by atoms with Crippen molar-refractivity contribution in [2.75, 3.05) is 20.8 Å². The van der Waals surface area contributed by atoms with Gasteiger partial charge in [-0.2, -0.15) is 0 Å². The van der Waals surface area contributed by atoms with Crippen LogP contribution in [0, 0.1) is 0 Å². The number of benzene rings is 1. The van der Waals surface area contributed by atoms with Gasteiger partial charge >= 0.3 is 0 Å². The van der Waals surface area contributed by atoms with E-state index in [1.165, 1.54) is 16.5 Å². The molecule has 0 bridgehead atoms. The van der Waals surface area contributed by atoms with E-state index in [4.69, 9.17) is 4.74 Å². The molecule has 1 aromatic carbocycles. The largest absolute Gasteiger partial charge is 0.383 e. The van der Waals surface area contributed by atoms with Crippen LogP contribution in [0.3, 0.4) is 0 Å². The first-order valence-corrected chi connectivity index (χ1v) is 5.56. The number of fused-ring (bicyclic) bond motifs is 1. The van der Waals surface area contributed by atoms with Crippen LogP contribution in [0.25, 0.3) is 10.9 Å².